The van der Waals surface area contributed by atoms with Crippen LogP contribution in [0.3, 0.4) is 0 Å². The predicted molar refractivity (Wildman–Crippen MR) is 104 cm³/mol. The minimum atomic E-state index is -0.689. The van der Waals surface area contributed by atoms with Gasteiger partial charge in [-0.3, -0.25) is 9.59 Å². The molecule has 0 bridgehead atoms. The first-order valence-electron chi connectivity index (χ1n) is 10.2. The van der Waals surface area contributed by atoms with Gasteiger partial charge in [0.1, 0.15) is 0 Å². The number of carbonyl (C=O) groups excluding carboxylic acids is 2. The zero-order valence-electron chi connectivity index (χ0n) is 16.1. The summed E-state index contributed by atoms with van der Waals surface area (Å²) in [5.74, 6) is 1.01. The Hall–Kier alpha value is -3.02. The number of hydrogen-bond acceptors (Lipinski definition) is 5. The van der Waals surface area contributed by atoms with Crippen LogP contribution in [0.2, 0.25) is 0 Å². The van der Waals surface area contributed by atoms with Crippen molar-refractivity contribution in [3.05, 3.63) is 59.2 Å². The Bertz CT molecular complexity index is 956. The molecule has 2 aliphatic heterocycles. The second-order valence-electron chi connectivity index (χ2n) is 7.78. The molecule has 1 aliphatic carbocycles. The Morgan fingerprint density at radius 2 is 1.90 bits per heavy atom. The van der Waals surface area contributed by atoms with E-state index >= 15 is 0 Å². The zero-order chi connectivity index (χ0) is 19.8. The van der Waals surface area contributed by atoms with Crippen molar-refractivity contribution in [3.8, 4) is 11.5 Å². The first-order chi connectivity index (χ1) is 14.2. The molecule has 1 saturated heterocycles. The average Bonchev–Trinajstić information content (AvgIpc) is 3.39. The molecule has 0 aromatic heterocycles. The number of carbonyl (C=O) groups is 2. The molecule has 29 heavy (non-hydrogen) atoms. The first kappa shape index (κ1) is 18.0. The van der Waals surface area contributed by atoms with E-state index in [4.69, 9.17) is 14.2 Å². The second-order valence-corrected chi connectivity index (χ2v) is 7.78. The smallest absolute Gasteiger partial charge is 0.306 e. The standard InChI is InChI=1S/C23H23NO5/c25-22-11-10-20(29-22)23(26)24(13-15-8-9-19-21(12-15)28-14-27-19)18-7-3-5-16-4-1-2-6-17(16)18/h1-2,4,6,8-9,12,18,20H,3,5,7,10-11,13-14H2/t18-,20-/m1/s1. The molecule has 3 aliphatic rings. The minimum absolute atomic E-state index is 0.0304. The van der Waals surface area contributed by atoms with E-state index in [9.17, 15) is 9.59 Å². The van der Waals surface area contributed by atoms with Crippen molar-refractivity contribution >= 4 is 11.9 Å². The molecule has 0 N–H and O–H groups in total. The Morgan fingerprint density at radius 3 is 2.76 bits per heavy atom. The van der Waals surface area contributed by atoms with Crippen LogP contribution < -0.4 is 9.47 Å². The third-order valence-corrected chi connectivity index (χ3v) is 5.95. The highest BCUT2D eigenvalue weighted by Gasteiger charge is 2.37. The Labute approximate surface area is 169 Å². The highest BCUT2D eigenvalue weighted by Crippen LogP contribution is 2.38. The SMILES string of the molecule is O=C1CC[C@H](C(=O)N(Cc2ccc3c(c2)OCO3)[C@@H]2CCCc3ccccc32)O1. The van der Waals surface area contributed by atoms with Gasteiger partial charge >= 0.3 is 5.97 Å². The summed E-state index contributed by atoms with van der Waals surface area (Å²) in [5.41, 5.74) is 3.45. The topological polar surface area (TPSA) is 65.1 Å². The summed E-state index contributed by atoms with van der Waals surface area (Å²) in [6, 6.07) is 14.1. The molecule has 0 radical (unpaired) electrons. The molecule has 2 aromatic rings. The molecule has 150 valence electrons. The number of esters is 1. The summed E-state index contributed by atoms with van der Waals surface area (Å²) in [4.78, 5) is 26.9. The molecule has 6 nitrogen and oxygen atoms in total. The fraction of sp³-hybridized carbons (Fsp3) is 0.391. The monoisotopic (exact) mass is 393 g/mol. The molecule has 1 fully saturated rings. The normalized spacial score (nSPS) is 22.1. The first-order valence-corrected chi connectivity index (χ1v) is 10.2. The number of fused-ring (bicyclic) bond motifs is 2. The maximum atomic E-state index is 13.4. The lowest BCUT2D eigenvalue weighted by molar-refractivity contribution is -0.155. The quantitative estimate of drug-likeness (QED) is 0.744. The zero-order valence-corrected chi connectivity index (χ0v) is 16.1. The predicted octanol–water partition coefficient (Wildman–Crippen LogP) is 3.53. The number of amides is 1. The number of hydrogen-bond donors (Lipinski definition) is 0. The minimum Gasteiger partial charge on any atom is -0.454 e. The van der Waals surface area contributed by atoms with Crippen LogP contribution in [0.25, 0.3) is 0 Å². The van der Waals surface area contributed by atoms with Crippen molar-refractivity contribution in [1.82, 2.24) is 4.90 Å². The number of rotatable bonds is 4. The number of cyclic esters (lactones) is 1. The van der Waals surface area contributed by atoms with Crippen LogP contribution in [0.1, 0.15) is 48.4 Å². The van der Waals surface area contributed by atoms with Crippen LogP contribution in [-0.2, 0) is 27.3 Å². The van der Waals surface area contributed by atoms with Gasteiger partial charge < -0.3 is 19.1 Å². The van der Waals surface area contributed by atoms with Gasteiger partial charge in [-0.15, -0.1) is 0 Å². The molecule has 2 atom stereocenters. The van der Waals surface area contributed by atoms with Crippen molar-refractivity contribution in [1.29, 1.82) is 0 Å². The van der Waals surface area contributed by atoms with Gasteiger partial charge in [0.15, 0.2) is 17.6 Å². The van der Waals surface area contributed by atoms with Crippen LogP contribution in [0.4, 0.5) is 0 Å². The molecule has 1 amide bonds. The summed E-state index contributed by atoms with van der Waals surface area (Å²) >= 11 is 0. The molecular weight excluding hydrogens is 370 g/mol. The van der Waals surface area contributed by atoms with Crippen molar-refractivity contribution in [2.45, 2.75) is 50.8 Å². The molecule has 0 unspecified atom stereocenters. The maximum Gasteiger partial charge on any atom is 0.306 e. The maximum absolute atomic E-state index is 13.4. The van der Waals surface area contributed by atoms with Crippen molar-refractivity contribution in [2.75, 3.05) is 6.79 Å². The highest BCUT2D eigenvalue weighted by molar-refractivity contribution is 5.87. The Balaban J connectivity index is 1.48. The number of benzene rings is 2. The lowest BCUT2D eigenvalue weighted by Gasteiger charge is -2.37. The Kier molecular flexibility index (Phi) is 4.62. The summed E-state index contributed by atoms with van der Waals surface area (Å²) < 4.78 is 16.2. The fourth-order valence-electron chi connectivity index (χ4n) is 4.51. The number of ether oxygens (including phenoxy) is 3. The molecule has 2 heterocycles. The lowest BCUT2D eigenvalue weighted by atomic mass is 9.86. The van der Waals surface area contributed by atoms with Crippen LogP contribution in [0, 0.1) is 0 Å². The number of aryl methyl sites for hydroxylation is 1. The van der Waals surface area contributed by atoms with E-state index in [1.54, 1.807) is 0 Å². The van der Waals surface area contributed by atoms with Crippen LogP contribution in [0.5, 0.6) is 11.5 Å². The van der Waals surface area contributed by atoms with Gasteiger partial charge in [-0.2, -0.15) is 0 Å². The van der Waals surface area contributed by atoms with Gasteiger partial charge in [-0.1, -0.05) is 30.3 Å². The summed E-state index contributed by atoms with van der Waals surface area (Å²) in [7, 11) is 0. The van der Waals surface area contributed by atoms with E-state index in [2.05, 4.69) is 12.1 Å². The Morgan fingerprint density at radius 1 is 1.03 bits per heavy atom. The summed E-state index contributed by atoms with van der Waals surface area (Å²) in [6.45, 7) is 0.651. The molecule has 0 saturated carbocycles. The lowest BCUT2D eigenvalue weighted by Crippen LogP contribution is -2.42. The van der Waals surface area contributed by atoms with E-state index in [-0.39, 0.29) is 24.7 Å². The highest BCUT2D eigenvalue weighted by atomic mass is 16.7. The molecule has 6 heteroatoms. The largest absolute Gasteiger partial charge is 0.454 e. The average molecular weight is 393 g/mol. The second kappa shape index (κ2) is 7.43. The van der Waals surface area contributed by atoms with Gasteiger partial charge in [0, 0.05) is 19.4 Å². The third-order valence-electron chi connectivity index (χ3n) is 5.95. The molecule has 0 spiro atoms. The van der Waals surface area contributed by atoms with Crippen molar-refractivity contribution < 1.29 is 23.8 Å². The van der Waals surface area contributed by atoms with Crippen molar-refractivity contribution in [3.63, 3.8) is 0 Å². The van der Waals surface area contributed by atoms with Crippen LogP contribution >= 0.6 is 0 Å². The van der Waals surface area contributed by atoms with E-state index < -0.39 is 6.10 Å². The van der Waals surface area contributed by atoms with Crippen molar-refractivity contribution in [2.24, 2.45) is 0 Å². The summed E-state index contributed by atoms with van der Waals surface area (Å²) in [6.07, 6.45) is 3.01. The molecule has 2 aromatic carbocycles. The van der Waals surface area contributed by atoms with Gasteiger partial charge in [-0.05, 0) is 48.1 Å². The van der Waals surface area contributed by atoms with Gasteiger partial charge in [-0.25, -0.2) is 0 Å². The number of nitrogens with zero attached hydrogens (tertiary/aromatic N) is 1. The van der Waals surface area contributed by atoms with Crippen LogP contribution in [-0.4, -0.2) is 29.7 Å². The van der Waals surface area contributed by atoms with Gasteiger partial charge in [0.05, 0.1) is 6.04 Å². The van der Waals surface area contributed by atoms with Gasteiger partial charge in [0.2, 0.25) is 6.79 Å². The van der Waals surface area contributed by atoms with Gasteiger partial charge in [0.25, 0.3) is 5.91 Å². The molecule has 5 rings (SSSR count). The van der Waals surface area contributed by atoms with E-state index in [1.165, 1.54) is 11.1 Å². The van der Waals surface area contributed by atoms with E-state index in [1.807, 2.05) is 35.2 Å². The van der Waals surface area contributed by atoms with Crippen LogP contribution in [0.15, 0.2) is 42.5 Å². The van der Waals surface area contributed by atoms with E-state index in [0.717, 1.165) is 30.6 Å². The fourth-order valence-corrected chi connectivity index (χ4v) is 4.51. The molecular formula is C23H23NO5. The summed E-state index contributed by atoms with van der Waals surface area (Å²) in [5, 5.41) is 0. The third kappa shape index (κ3) is 3.43. The van der Waals surface area contributed by atoms with E-state index in [0.29, 0.717) is 25.1 Å².